The van der Waals surface area contributed by atoms with Gasteiger partial charge < -0.3 is 21.3 Å². The topological polar surface area (TPSA) is 111 Å². The van der Waals surface area contributed by atoms with Gasteiger partial charge in [0.15, 0.2) is 0 Å². The first-order valence-electron chi connectivity index (χ1n) is 4.72. The van der Waals surface area contributed by atoms with E-state index < -0.39 is 11.9 Å². The molecule has 0 aromatic rings. The number of ether oxygens (including phenoxy) is 1. The predicted octanol–water partition coefficient (Wildman–Crippen LogP) is 1.64. The standard InChI is InChI=1S/C6H12N2.C3H4O4.Pt/c7-5-3-1-2-4-6(5)8;1-7-3(6)2(4)5;/h5-8H,1-4H2;1H3,(H,4,5);/q-2;;+2/t5-,6-;;/m1../s1. The van der Waals surface area contributed by atoms with Gasteiger partial charge in [0.25, 0.3) is 0 Å². The van der Waals surface area contributed by atoms with Gasteiger partial charge in [-0.05, 0) is 0 Å². The molecular weight excluding hydrogens is 395 g/mol. The van der Waals surface area contributed by atoms with E-state index >= 15 is 0 Å². The Morgan fingerprint density at radius 3 is 1.69 bits per heavy atom. The Morgan fingerprint density at radius 1 is 1.19 bits per heavy atom. The molecule has 3 N–H and O–H groups in total. The first kappa shape index (κ1) is 17.9. The summed E-state index contributed by atoms with van der Waals surface area (Å²) in [7, 11) is 1.01. The van der Waals surface area contributed by atoms with Gasteiger partial charge in [-0.15, -0.1) is 0 Å². The molecule has 0 unspecified atom stereocenters. The zero-order chi connectivity index (χ0) is 11.8. The molecule has 7 heteroatoms. The summed E-state index contributed by atoms with van der Waals surface area (Å²) >= 11 is 0. The van der Waals surface area contributed by atoms with Crippen LogP contribution < -0.4 is 0 Å². The molecule has 0 aliphatic heterocycles. The Morgan fingerprint density at radius 2 is 1.56 bits per heavy atom. The third-order valence-corrected chi connectivity index (χ3v) is 2.13. The normalized spacial score (nSPS) is 23.2. The van der Waals surface area contributed by atoms with Gasteiger partial charge in [-0.1, -0.05) is 25.7 Å². The molecule has 1 rings (SSSR count). The Hall–Kier alpha value is -0.452. The molecule has 1 aliphatic carbocycles. The largest absolute Gasteiger partial charge is 2.00 e. The van der Waals surface area contributed by atoms with Crippen LogP contribution in [0, 0.1) is 0 Å². The van der Waals surface area contributed by atoms with Gasteiger partial charge in [0.05, 0.1) is 7.11 Å². The number of hydrogen-bond donors (Lipinski definition) is 1. The maximum atomic E-state index is 9.69. The van der Waals surface area contributed by atoms with Crippen molar-refractivity contribution in [2.45, 2.75) is 37.8 Å². The summed E-state index contributed by atoms with van der Waals surface area (Å²) in [4.78, 5) is 19.1. The molecule has 0 spiro atoms. The van der Waals surface area contributed by atoms with Crippen molar-refractivity contribution in [1.82, 2.24) is 0 Å². The maximum absolute atomic E-state index is 9.69. The fourth-order valence-corrected chi connectivity index (χ4v) is 1.22. The summed E-state index contributed by atoms with van der Waals surface area (Å²) in [6.07, 6.45) is 4.25. The van der Waals surface area contributed by atoms with Crippen molar-refractivity contribution in [2.75, 3.05) is 7.11 Å². The molecule has 0 aromatic carbocycles. The van der Waals surface area contributed by atoms with Gasteiger partial charge >= 0.3 is 33.0 Å². The molecule has 1 fully saturated rings. The molecule has 1 saturated carbocycles. The third kappa shape index (κ3) is 7.79. The molecule has 0 bridgehead atoms. The first-order chi connectivity index (χ1) is 6.99. The first-order valence-corrected chi connectivity index (χ1v) is 4.72. The van der Waals surface area contributed by atoms with Crippen LogP contribution in [0.25, 0.3) is 11.5 Å². The summed E-state index contributed by atoms with van der Waals surface area (Å²) in [6, 6.07) is -0.160. The second-order valence-corrected chi connectivity index (χ2v) is 3.29. The van der Waals surface area contributed by atoms with Crippen molar-refractivity contribution in [3.8, 4) is 0 Å². The average molecular weight is 411 g/mol. The molecule has 6 nitrogen and oxygen atoms in total. The minimum atomic E-state index is -1.57. The van der Waals surface area contributed by atoms with Crippen LogP contribution in [0.1, 0.15) is 25.7 Å². The number of carbonyl (C=O) groups excluding carboxylic acids is 1. The van der Waals surface area contributed by atoms with E-state index in [1.54, 1.807) is 0 Å². The third-order valence-electron chi connectivity index (χ3n) is 2.13. The number of hydrogen-bond acceptors (Lipinski definition) is 3. The summed E-state index contributed by atoms with van der Waals surface area (Å²) in [5, 5.41) is 7.71. The molecule has 1 aliphatic rings. The minimum Gasteiger partial charge on any atom is -0.676 e. The van der Waals surface area contributed by atoms with E-state index in [1.807, 2.05) is 0 Å². The van der Waals surface area contributed by atoms with Gasteiger partial charge in [-0.25, -0.2) is 9.59 Å². The number of carbonyl (C=O) groups is 2. The number of rotatable bonds is 0. The van der Waals surface area contributed by atoms with E-state index in [0.29, 0.717) is 0 Å². The van der Waals surface area contributed by atoms with Crippen LogP contribution in [0.2, 0.25) is 0 Å². The number of carboxylic acids is 1. The summed E-state index contributed by atoms with van der Waals surface area (Å²) < 4.78 is 3.77. The van der Waals surface area contributed by atoms with Crippen molar-refractivity contribution in [3.63, 3.8) is 0 Å². The quantitative estimate of drug-likeness (QED) is 0.483. The molecule has 0 radical (unpaired) electrons. The fourth-order valence-electron chi connectivity index (χ4n) is 1.22. The van der Waals surface area contributed by atoms with E-state index in [2.05, 4.69) is 4.74 Å². The van der Waals surface area contributed by atoms with Crippen LogP contribution in [0.4, 0.5) is 0 Å². The zero-order valence-electron chi connectivity index (χ0n) is 8.97. The number of aliphatic carboxylic acids is 1. The van der Waals surface area contributed by atoms with Gasteiger partial charge in [0, 0.05) is 0 Å². The van der Waals surface area contributed by atoms with Gasteiger partial charge in [0.2, 0.25) is 0 Å². The van der Waals surface area contributed by atoms with E-state index in [9.17, 15) is 9.59 Å². The van der Waals surface area contributed by atoms with E-state index in [0.717, 1.165) is 20.0 Å². The van der Waals surface area contributed by atoms with Crippen LogP contribution in [-0.4, -0.2) is 36.2 Å². The average Bonchev–Trinajstić information content (AvgIpc) is 2.22. The van der Waals surface area contributed by atoms with E-state index in [4.69, 9.17) is 16.6 Å². The maximum Gasteiger partial charge on any atom is 2.00 e. The van der Waals surface area contributed by atoms with E-state index in [1.165, 1.54) is 12.8 Å². The van der Waals surface area contributed by atoms with Crippen LogP contribution in [0.3, 0.4) is 0 Å². The summed E-state index contributed by atoms with van der Waals surface area (Å²) in [5.74, 6) is -2.80. The van der Waals surface area contributed by atoms with E-state index in [-0.39, 0.29) is 33.1 Å². The Balaban J connectivity index is 0. The second-order valence-electron chi connectivity index (χ2n) is 3.29. The fraction of sp³-hybridized carbons (Fsp3) is 0.778. The molecule has 16 heavy (non-hydrogen) atoms. The Bertz CT molecular complexity index is 216. The molecule has 96 valence electrons. The zero-order valence-corrected chi connectivity index (χ0v) is 11.2. The van der Waals surface area contributed by atoms with Crippen LogP contribution >= 0.6 is 0 Å². The molecule has 0 amide bonds. The number of methoxy groups -OCH3 is 1. The van der Waals surface area contributed by atoms with Gasteiger partial charge in [-0.2, -0.15) is 12.1 Å². The number of nitrogens with one attached hydrogen (secondary N) is 2. The molecular formula is C9H16N2O4Pt. The second kappa shape index (κ2) is 9.75. The van der Waals surface area contributed by atoms with Crippen molar-refractivity contribution >= 4 is 11.9 Å². The van der Waals surface area contributed by atoms with Crippen molar-refractivity contribution in [1.29, 1.82) is 0 Å². The molecule has 0 saturated heterocycles. The van der Waals surface area contributed by atoms with Crippen molar-refractivity contribution in [2.24, 2.45) is 0 Å². The van der Waals surface area contributed by atoms with Crippen molar-refractivity contribution < 1.29 is 40.5 Å². The van der Waals surface area contributed by atoms with Gasteiger partial charge in [-0.3, -0.25) is 0 Å². The van der Waals surface area contributed by atoms with Crippen LogP contribution in [0.5, 0.6) is 0 Å². The number of carboxylic acid groups (broad SMARTS) is 1. The van der Waals surface area contributed by atoms with Crippen LogP contribution in [0.15, 0.2) is 0 Å². The predicted molar refractivity (Wildman–Crippen MR) is 54.3 cm³/mol. The molecule has 0 aromatic heterocycles. The monoisotopic (exact) mass is 411 g/mol. The summed E-state index contributed by atoms with van der Waals surface area (Å²) in [6.45, 7) is 0. The smallest absolute Gasteiger partial charge is 0.676 e. The number of esters is 1. The molecule has 0 heterocycles. The van der Waals surface area contributed by atoms with Gasteiger partial charge in [0.1, 0.15) is 0 Å². The Kier molecular flexibility index (Phi) is 10.9. The van der Waals surface area contributed by atoms with Crippen LogP contribution in [-0.2, 0) is 35.4 Å². The molecule has 2 atom stereocenters. The summed E-state index contributed by atoms with van der Waals surface area (Å²) in [5.41, 5.74) is 14.6. The minimum absolute atomic E-state index is 0. The SMILES string of the molecule is COC(=O)C(=O)O.[NH-][C@@H]1CCCC[C@H]1[NH-].[Pt+2]. The van der Waals surface area contributed by atoms with Crippen molar-refractivity contribution in [3.05, 3.63) is 11.5 Å². The Labute approximate surface area is 109 Å².